The summed E-state index contributed by atoms with van der Waals surface area (Å²) in [6.45, 7) is 0.265. The molecule has 0 spiro atoms. The molecular weight excluding hydrogens is 293 g/mol. The number of carbonyl (C=O) groups excluding carboxylic acids is 1. The minimum Gasteiger partial charge on any atom is -0.349 e. The number of hydrogen-bond donors (Lipinski definition) is 2. The molecule has 1 aliphatic carbocycles. The van der Waals surface area contributed by atoms with Gasteiger partial charge in [-0.1, -0.05) is 43.2 Å². The predicted octanol–water partition coefficient (Wildman–Crippen LogP) is 3.11. The third-order valence-corrected chi connectivity index (χ3v) is 4.34. The summed E-state index contributed by atoms with van der Waals surface area (Å²) in [4.78, 5) is 12.1. The zero-order valence-corrected chi connectivity index (χ0v) is 12.3. The molecule has 22 heavy (non-hydrogen) atoms. The molecule has 0 aliphatic heterocycles. The van der Waals surface area contributed by atoms with Crippen molar-refractivity contribution < 1.29 is 18.0 Å². The molecule has 0 radical (unpaired) electrons. The van der Waals surface area contributed by atoms with Crippen LogP contribution in [-0.2, 0) is 4.79 Å². The van der Waals surface area contributed by atoms with Crippen LogP contribution in [0, 0.1) is 0 Å². The lowest BCUT2D eigenvalue weighted by Gasteiger charge is -2.30. The van der Waals surface area contributed by atoms with Crippen LogP contribution in [0.1, 0.15) is 43.6 Å². The molecule has 1 aromatic carbocycles. The maximum Gasteiger partial charge on any atom is 0.396 e. The fourth-order valence-electron chi connectivity index (χ4n) is 3.07. The molecule has 1 saturated carbocycles. The van der Waals surface area contributed by atoms with E-state index in [-0.39, 0.29) is 12.1 Å². The van der Waals surface area contributed by atoms with Crippen molar-refractivity contribution in [2.75, 3.05) is 6.54 Å². The Morgan fingerprint density at radius 3 is 2.32 bits per heavy atom. The van der Waals surface area contributed by atoms with Crippen LogP contribution in [-0.4, -0.2) is 24.2 Å². The van der Waals surface area contributed by atoms with Crippen molar-refractivity contribution >= 4 is 5.91 Å². The number of amides is 1. The minimum absolute atomic E-state index is 0.110. The lowest BCUT2D eigenvalue weighted by atomic mass is 9.93. The first kappa shape index (κ1) is 16.8. The van der Waals surface area contributed by atoms with Gasteiger partial charge in [0.05, 0.1) is 11.5 Å². The average molecular weight is 314 g/mol. The maximum absolute atomic E-state index is 13.3. The zero-order valence-electron chi connectivity index (χ0n) is 12.3. The highest BCUT2D eigenvalue weighted by molar-refractivity contribution is 5.78. The zero-order chi connectivity index (χ0) is 16.2. The summed E-state index contributed by atoms with van der Waals surface area (Å²) in [7, 11) is 0. The normalized spacial score (nSPS) is 18.9. The molecule has 1 fully saturated rings. The van der Waals surface area contributed by atoms with Crippen molar-refractivity contribution in [3.63, 3.8) is 0 Å². The smallest absolute Gasteiger partial charge is 0.349 e. The molecule has 2 rings (SSSR count). The van der Waals surface area contributed by atoms with Crippen molar-refractivity contribution in [2.24, 2.45) is 5.73 Å². The van der Waals surface area contributed by atoms with Crippen LogP contribution in [0.5, 0.6) is 0 Å². The Morgan fingerprint density at radius 2 is 1.82 bits per heavy atom. The van der Waals surface area contributed by atoms with Gasteiger partial charge in [0.15, 0.2) is 0 Å². The first-order valence-corrected chi connectivity index (χ1v) is 7.49. The Kier molecular flexibility index (Phi) is 5.11. The monoisotopic (exact) mass is 314 g/mol. The molecule has 1 amide bonds. The molecule has 3 nitrogen and oxygen atoms in total. The molecule has 6 heteroatoms. The molecule has 3 N–H and O–H groups in total. The number of halogens is 3. The number of carbonyl (C=O) groups is 1. The lowest BCUT2D eigenvalue weighted by molar-refractivity contribution is -0.157. The van der Waals surface area contributed by atoms with Gasteiger partial charge in [-0.05, 0) is 18.4 Å². The summed E-state index contributed by atoms with van der Waals surface area (Å²) >= 11 is 0. The quantitative estimate of drug-likeness (QED) is 0.877. The van der Waals surface area contributed by atoms with Crippen LogP contribution in [0.25, 0.3) is 0 Å². The summed E-state index contributed by atoms with van der Waals surface area (Å²) in [6.07, 6.45) is -1.70. The van der Waals surface area contributed by atoms with Crippen molar-refractivity contribution in [2.45, 2.75) is 49.7 Å². The Labute approximate surface area is 128 Å². The molecular formula is C16H21F3N2O. The van der Waals surface area contributed by atoms with Gasteiger partial charge in [-0.3, -0.25) is 4.79 Å². The number of nitrogens with one attached hydrogen (secondary N) is 1. The molecule has 122 valence electrons. The summed E-state index contributed by atoms with van der Waals surface area (Å²) in [5.41, 5.74) is 5.29. The van der Waals surface area contributed by atoms with Crippen molar-refractivity contribution in [3.05, 3.63) is 35.9 Å². The Morgan fingerprint density at radius 1 is 1.23 bits per heavy atom. The van der Waals surface area contributed by atoms with E-state index in [1.807, 2.05) is 0 Å². The Hall–Kier alpha value is -1.56. The van der Waals surface area contributed by atoms with Crippen molar-refractivity contribution in [1.29, 1.82) is 0 Å². The van der Waals surface area contributed by atoms with Gasteiger partial charge in [-0.25, -0.2) is 0 Å². The predicted molar refractivity (Wildman–Crippen MR) is 78.3 cm³/mol. The Balaban J connectivity index is 2.09. The summed E-state index contributed by atoms with van der Waals surface area (Å²) in [5, 5.41) is 2.75. The van der Waals surface area contributed by atoms with Gasteiger partial charge in [-0.2, -0.15) is 13.2 Å². The number of nitrogens with two attached hydrogens (primary N) is 1. The second kappa shape index (κ2) is 6.69. The van der Waals surface area contributed by atoms with E-state index in [1.165, 1.54) is 12.1 Å². The third kappa shape index (κ3) is 4.00. The number of hydrogen-bond acceptors (Lipinski definition) is 2. The molecule has 1 atom stereocenters. The number of alkyl halides is 3. The van der Waals surface area contributed by atoms with Crippen LogP contribution in [0.2, 0.25) is 0 Å². The third-order valence-electron chi connectivity index (χ3n) is 4.34. The molecule has 0 heterocycles. The summed E-state index contributed by atoms with van der Waals surface area (Å²) in [6, 6.07) is 7.55. The van der Waals surface area contributed by atoms with Crippen LogP contribution >= 0.6 is 0 Å². The summed E-state index contributed by atoms with van der Waals surface area (Å²) in [5.74, 6) is -2.37. The highest BCUT2D eigenvalue weighted by atomic mass is 19.4. The first-order chi connectivity index (χ1) is 10.4. The lowest BCUT2D eigenvalue weighted by Crippen LogP contribution is -2.52. The van der Waals surface area contributed by atoms with E-state index < -0.39 is 30.0 Å². The molecule has 1 unspecified atom stereocenters. The van der Waals surface area contributed by atoms with Crippen LogP contribution in [0.3, 0.4) is 0 Å². The van der Waals surface area contributed by atoms with E-state index in [9.17, 15) is 18.0 Å². The highest BCUT2D eigenvalue weighted by Crippen LogP contribution is 2.38. The fourth-order valence-corrected chi connectivity index (χ4v) is 3.07. The first-order valence-electron chi connectivity index (χ1n) is 7.49. The van der Waals surface area contributed by atoms with E-state index in [0.717, 1.165) is 25.7 Å². The fraction of sp³-hybridized carbons (Fsp3) is 0.562. The number of benzene rings is 1. The van der Waals surface area contributed by atoms with Gasteiger partial charge in [0.25, 0.3) is 0 Å². The van der Waals surface area contributed by atoms with Crippen molar-refractivity contribution in [1.82, 2.24) is 5.32 Å². The standard InChI is InChI=1S/C16H21F3N2O/c17-16(18,19)13(12-6-2-1-3-7-12)10-14(22)21-15(11-20)8-4-5-9-15/h1-3,6-7,13H,4-5,8-11,20H2,(H,21,22). The van der Waals surface area contributed by atoms with Crippen LogP contribution in [0.15, 0.2) is 30.3 Å². The average Bonchev–Trinajstić information content (AvgIpc) is 2.93. The molecule has 0 aromatic heterocycles. The van der Waals surface area contributed by atoms with Crippen molar-refractivity contribution in [3.8, 4) is 0 Å². The van der Waals surface area contributed by atoms with E-state index in [1.54, 1.807) is 18.2 Å². The van der Waals surface area contributed by atoms with Gasteiger partial charge >= 0.3 is 6.18 Å². The van der Waals surface area contributed by atoms with Gasteiger partial charge in [0.1, 0.15) is 0 Å². The molecule has 1 aliphatic rings. The summed E-state index contributed by atoms with van der Waals surface area (Å²) < 4.78 is 39.8. The van der Waals surface area contributed by atoms with E-state index >= 15 is 0 Å². The van der Waals surface area contributed by atoms with Crippen LogP contribution < -0.4 is 11.1 Å². The van der Waals surface area contributed by atoms with E-state index in [4.69, 9.17) is 5.73 Å². The number of rotatable bonds is 5. The molecule has 0 saturated heterocycles. The maximum atomic E-state index is 13.3. The van der Waals surface area contributed by atoms with Crippen LogP contribution in [0.4, 0.5) is 13.2 Å². The Bertz CT molecular complexity index is 496. The SMILES string of the molecule is NCC1(NC(=O)CC(c2ccccc2)C(F)(F)F)CCCC1. The van der Waals surface area contributed by atoms with Gasteiger partial charge < -0.3 is 11.1 Å². The topological polar surface area (TPSA) is 55.1 Å². The largest absolute Gasteiger partial charge is 0.396 e. The molecule has 1 aromatic rings. The minimum atomic E-state index is -4.45. The van der Waals surface area contributed by atoms with Gasteiger partial charge in [0.2, 0.25) is 5.91 Å². The van der Waals surface area contributed by atoms with Gasteiger partial charge in [-0.15, -0.1) is 0 Å². The highest BCUT2D eigenvalue weighted by Gasteiger charge is 2.43. The van der Waals surface area contributed by atoms with E-state index in [0.29, 0.717) is 0 Å². The second-order valence-corrected chi connectivity index (χ2v) is 5.95. The van der Waals surface area contributed by atoms with Gasteiger partial charge in [0, 0.05) is 13.0 Å². The molecule has 0 bridgehead atoms. The second-order valence-electron chi connectivity index (χ2n) is 5.95. The van der Waals surface area contributed by atoms with E-state index in [2.05, 4.69) is 5.32 Å².